The van der Waals surface area contributed by atoms with Crippen LogP contribution in [0, 0.1) is 17.3 Å². The SMILES string of the molecule is C=C1/C(=C/C=C2\CCC[C@]3(C)[C@@H]([C@H](C)SCCCC(C)(C)O)CC[C@@H]23)C[C@@H](O)C[C@@H]1O. The Morgan fingerprint density at radius 1 is 1.26 bits per heavy atom. The van der Waals surface area contributed by atoms with Crippen molar-refractivity contribution in [2.75, 3.05) is 5.75 Å². The normalized spacial score (nSPS) is 38.0. The van der Waals surface area contributed by atoms with E-state index in [1.807, 2.05) is 13.8 Å². The third kappa shape index (κ3) is 6.07. The summed E-state index contributed by atoms with van der Waals surface area (Å²) in [5, 5.41) is 30.8. The van der Waals surface area contributed by atoms with Gasteiger partial charge in [0, 0.05) is 11.7 Å². The molecule has 176 valence electrons. The minimum absolute atomic E-state index is 0.369. The van der Waals surface area contributed by atoms with E-state index in [4.69, 9.17) is 0 Å². The summed E-state index contributed by atoms with van der Waals surface area (Å²) in [7, 11) is 0. The van der Waals surface area contributed by atoms with Crippen LogP contribution in [0.1, 0.15) is 85.5 Å². The van der Waals surface area contributed by atoms with Gasteiger partial charge in [-0.2, -0.15) is 11.8 Å². The highest BCUT2D eigenvalue weighted by molar-refractivity contribution is 7.99. The van der Waals surface area contributed by atoms with E-state index in [2.05, 4.69) is 44.3 Å². The molecular formula is C27H44O3S. The second-order valence-corrected chi connectivity index (χ2v) is 12.6. The van der Waals surface area contributed by atoms with Gasteiger partial charge in [-0.3, -0.25) is 0 Å². The Hall–Kier alpha value is -0.550. The summed E-state index contributed by atoms with van der Waals surface area (Å²) in [5.41, 5.74) is 3.16. The first kappa shape index (κ1) is 25.1. The predicted molar refractivity (Wildman–Crippen MR) is 132 cm³/mol. The Kier molecular flexibility index (Phi) is 8.22. The summed E-state index contributed by atoms with van der Waals surface area (Å²) in [5.74, 6) is 2.52. The summed E-state index contributed by atoms with van der Waals surface area (Å²) in [6, 6.07) is 0. The molecule has 3 aliphatic carbocycles. The van der Waals surface area contributed by atoms with E-state index in [-0.39, 0.29) is 0 Å². The van der Waals surface area contributed by atoms with E-state index in [1.54, 1.807) is 5.57 Å². The molecule has 0 spiro atoms. The quantitative estimate of drug-likeness (QED) is 0.431. The molecule has 0 radical (unpaired) electrons. The molecule has 0 heterocycles. The summed E-state index contributed by atoms with van der Waals surface area (Å²) in [6.45, 7) is 12.8. The van der Waals surface area contributed by atoms with Crippen LogP contribution in [0.3, 0.4) is 0 Å². The fourth-order valence-electron chi connectivity index (χ4n) is 6.41. The van der Waals surface area contributed by atoms with Crippen molar-refractivity contribution in [3.63, 3.8) is 0 Å². The molecule has 3 saturated carbocycles. The van der Waals surface area contributed by atoms with Crippen molar-refractivity contribution < 1.29 is 15.3 Å². The van der Waals surface area contributed by atoms with Crippen molar-refractivity contribution in [2.45, 2.75) is 109 Å². The second kappa shape index (κ2) is 10.2. The molecule has 0 amide bonds. The fraction of sp³-hybridized carbons (Fsp3) is 0.778. The van der Waals surface area contributed by atoms with Gasteiger partial charge in [0.1, 0.15) is 0 Å². The number of hydrogen-bond donors (Lipinski definition) is 3. The number of thioether (sulfide) groups is 1. The van der Waals surface area contributed by atoms with Crippen molar-refractivity contribution in [3.05, 3.63) is 35.5 Å². The Balaban J connectivity index is 1.66. The maximum atomic E-state index is 10.1. The molecule has 3 fully saturated rings. The molecule has 6 atom stereocenters. The Morgan fingerprint density at radius 2 is 2.00 bits per heavy atom. The minimum Gasteiger partial charge on any atom is -0.393 e. The van der Waals surface area contributed by atoms with Crippen LogP contribution in [-0.2, 0) is 0 Å². The molecular weight excluding hydrogens is 404 g/mol. The first-order valence-electron chi connectivity index (χ1n) is 12.3. The molecule has 0 aliphatic heterocycles. The molecule has 3 rings (SSSR count). The van der Waals surface area contributed by atoms with Gasteiger partial charge in [0.25, 0.3) is 0 Å². The zero-order chi connectivity index (χ0) is 22.8. The van der Waals surface area contributed by atoms with Gasteiger partial charge >= 0.3 is 0 Å². The predicted octanol–water partition coefficient (Wildman–Crippen LogP) is 5.80. The van der Waals surface area contributed by atoms with E-state index < -0.39 is 17.8 Å². The lowest BCUT2D eigenvalue weighted by Gasteiger charge is -2.44. The van der Waals surface area contributed by atoms with Gasteiger partial charge < -0.3 is 15.3 Å². The summed E-state index contributed by atoms with van der Waals surface area (Å²) >= 11 is 2.10. The van der Waals surface area contributed by atoms with Gasteiger partial charge in [-0.05, 0) is 99.4 Å². The lowest BCUT2D eigenvalue weighted by atomic mass is 9.63. The number of aliphatic hydroxyl groups excluding tert-OH is 2. The number of rotatable bonds is 7. The van der Waals surface area contributed by atoms with E-state index >= 15 is 0 Å². The van der Waals surface area contributed by atoms with E-state index in [9.17, 15) is 15.3 Å². The van der Waals surface area contributed by atoms with Crippen molar-refractivity contribution in [2.24, 2.45) is 17.3 Å². The van der Waals surface area contributed by atoms with Crippen molar-refractivity contribution in [1.82, 2.24) is 0 Å². The van der Waals surface area contributed by atoms with Gasteiger partial charge in [-0.15, -0.1) is 0 Å². The van der Waals surface area contributed by atoms with Crippen LogP contribution in [-0.4, -0.2) is 44.1 Å². The Morgan fingerprint density at radius 3 is 2.71 bits per heavy atom. The summed E-state index contributed by atoms with van der Waals surface area (Å²) < 4.78 is 0. The van der Waals surface area contributed by atoms with Crippen LogP contribution in [0.5, 0.6) is 0 Å². The molecule has 3 aliphatic rings. The first-order chi connectivity index (χ1) is 14.5. The molecule has 0 aromatic rings. The average Bonchev–Trinajstić information content (AvgIpc) is 3.03. The molecule has 0 bridgehead atoms. The molecule has 0 aromatic carbocycles. The third-order valence-corrected chi connectivity index (χ3v) is 9.56. The van der Waals surface area contributed by atoms with Gasteiger partial charge in [0.15, 0.2) is 0 Å². The lowest BCUT2D eigenvalue weighted by Crippen LogP contribution is -2.37. The number of aliphatic hydroxyl groups is 3. The lowest BCUT2D eigenvalue weighted by molar-refractivity contribution is 0.0705. The van der Waals surface area contributed by atoms with Crippen LogP contribution < -0.4 is 0 Å². The Bertz CT molecular complexity index is 704. The van der Waals surface area contributed by atoms with Crippen LogP contribution in [0.15, 0.2) is 35.5 Å². The van der Waals surface area contributed by atoms with Crippen LogP contribution >= 0.6 is 11.8 Å². The molecule has 4 heteroatoms. The van der Waals surface area contributed by atoms with E-state index in [1.165, 1.54) is 32.1 Å². The summed E-state index contributed by atoms with van der Waals surface area (Å²) in [4.78, 5) is 0. The first-order valence-corrected chi connectivity index (χ1v) is 13.3. The Labute approximate surface area is 194 Å². The van der Waals surface area contributed by atoms with Gasteiger partial charge in [0.05, 0.1) is 17.8 Å². The highest BCUT2D eigenvalue weighted by atomic mass is 32.2. The standard InChI is InChI=1S/C27H44O3S/c1-18-21(16-22(28)17-25(18)29)10-9-20-8-6-14-27(5)23(11-12-24(20)27)19(2)31-15-7-13-26(3,4)30/h9-10,19,22-25,28-30H,1,6-8,11-17H2,2-5H3/b20-9+,21-10+/t19-,22+,23+,24-,25-,27+/m0/s1. The highest BCUT2D eigenvalue weighted by Crippen LogP contribution is 2.59. The third-order valence-electron chi connectivity index (χ3n) is 8.18. The van der Waals surface area contributed by atoms with Gasteiger partial charge in [-0.1, -0.05) is 38.2 Å². The van der Waals surface area contributed by atoms with E-state index in [0.717, 1.165) is 35.7 Å². The average molecular weight is 449 g/mol. The van der Waals surface area contributed by atoms with Gasteiger partial charge in [0.2, 0.25) is 0 Å². The number of hydrogen-bond acceptors (Lipinski definition) is 4. The number of allylic oxidation sites excluding steroid dienone is 3. The molecule has 0 aromatic heterocycles. The van der Waals surface area contributed by atoms with Crippen molar-refractivity contribution >= 4 is 11.8 Å². The molecule has 0 unspecified atom stereocenters. The van der Waals surface area contributed by atoms with Crippen LogP contribution in [0.4, 0.5) is 0 Å². The van der Waals surface area contributed by atoms with Crippen molar-refractivity contribution in [3.8, 4) is 0 Å². The maximum Gasteiger partial charge on any atom is 0.0811 e. The van der Waals surface area contributed by atoms with Crippen molar-refractivity contribution in [1.29, 1.82) is 0 Å². The monoisotopic (exact) mass is 448 g/mol. The smallest absolute Gasteiger partial charge is 0.0811 e. The number of fused-ring (bicyclic) bond motifs is 1. The van der Waals surface area contributed by atoms with Crippen LogP contribution in [0.2, 0.25) is 0 Å². The highest BCUT2D eigenvalue weighted by Gasteiger charge is 2.50. The largest absolute Gasteiger partial charge is 0.393 e. The zero-order valence-electron chi connectivity index (χ0n) is 20.1. The van der Waals surface area contributed by atoms with Crippen LogP contribution in [0.25, 0.3) is 0 Å². The fourth-order valence-corrected chi connectivity index (χ4v) is 7.77. The van der Waals surface area contributed by atoms with E-state index in [0.29, 0.717) is 29.4 Å². The molecule has 3 N–H and O–H groups in total. The molecule has 31 heavy (non-hydrogen) atoms. The second-order valence-electron chi connectivity index (χ2n) is 11.2. The topological polar surface area (TPSA) is 60.7 Å². The zero-order valence-corrected chi connectivity index (χ0v) is 20.9. The molecule has 3 nitrogen and oxygen atoms in total. The summed E-state index contributed by atoms with van der Waals surface area (Å²) in [6.07, 6.45) is 12.6. The molecule has 0 saturated heterocycles. The maximum absolute atomic E-state index is 10.1. The minimum atomic E-state index is -0.616. The van der Waals surface area contributed by atoms with Gasteiger partial charge in [-0.25, -0.2) is 0 Å².